The lowest BCUT2D eigenvalue weighted by Gasteiger charge is -2.21. The number of hydrazine groups is 1. The zero-order chi connectivity index (χ0) is 11.5. The molecule has 1 heterocycles. The summed E-state index contributed by atoms with van der Waals surface area (Å²) >= 11 is 0. The summed E-state index contributed by atoms with van der Waals surface area (Å²) in [6, 6.07) is 2.16. The minimum Gasteiger partial charge on any atom is -0.275 e. The molecule has 0 aromatic carbocycles. The third kappa shape index (κ3) is 4.01. The first-order valence-corrected chi connectivity index (χ1v) is 5.38. The van der Waals surface area contributed by atoms with Crippen molar-refractivity contribution in [3.05, 3.63) is 18.0 Å². The Bertz CT molecular complexity index is 298. The molecule has 4 heteroatoms. The second-order valence-corrected chi connectivity index (χ2v) is 5.23. The Hall–Kier alpha value is -0.870. The minimum absolute atomic E-state index is 0.158. The van der Waals surface area contributed by atoms with Crippen LogP contribution in [0.1, 0.15) is 45.3 Å². The van der Waals surface area contributed by atoms with Crippen molar-refractivity contribution in [2.45, 2.75) is 39.7 Å². The second kappa shape index (κ2) is 4.77. The monoisotopic (exact) mass is 210 g/mol. The van der Waals surface area contributed by atoms with Gasteiger partial charge in [0.25, 0.3) is 0 Å². The highest BCUT2D eigenvalue weighted by Gasteiger charge is 2.17. The number of hydrogen-bond donors (Lipinski definition) is 2. The maximum absolute atomic E-state index is 5.54. The number of hydrogen-bond acceptors (Lipinski definition) is 3. The van der Waals surface area contributed by atoms with E-state index in [1.807, 2.05) is 19.3 Å². The first-order chi connectivity index (χ1) is 6.92. The van der Waals surface area contributed by atoms with Crippen LogP contribution in [0.5, 0.6) is 0 Å². The van der Waals surface area contributed by atoms with Crippen molar-refractivity contribution >= 4 is 0 Å². The molecule has 0 aliphatic heterocycles. The summed E-state index contributed by atoms with van der Waals surface area (Å²) < 4.78 is 1.80. The molecular weight excluding hydrogens is 188 g/mol. The lowest BCUT2D eigenvalue weighted by Crippen LogP contribution is -2.29. The normalized spacial score (nSPS) is 14.2. The summed E-state index contributed by atoms with van der Waals surface area (Å²) in [4.78, 5) is 0. The Morgan fingerprint density at radius 2 is 2.20 bits per heavy atom. The highest BCUT2D eigenvalue weighted by atomic mass is 15.3. The van der Waals surface area contributed by atoms with E-state index in [9.17, 15) is 0 Å². The largest absolute Gasteiger partial charge is 0.275 e. The maximum Gasteiger partial charge on any atom is 0.0807 e. The van der Waals surface area contributed by atoms with Crippen molar-refractivity contribution in [3.63, 3.8) is 0 Å². The number of aryl methyl sites for hydroxylation is 1. The summed E-state index contributed by atoms with van der Waals surface area (Å²) in [7, 11) is 1.92. The molecule has 3 N–H and O–H groups in total. The van der Waals surface area contributed by atoms with E-state index in [1.54, 1.807) is 4.68 Å². The van der Waals surface area contributed by atoms with Gasteiger partial charge in [0, 0.05) is 13.2 Å². The molecule has 0 amide bonds. The fraction of sp³-hybridized carbons (Fsp3) is 0.727. The highest BCUT2D eigenvalue weighted by Crippen LogP contribution is 2.26. The zero-order valence-corrected chi connectivity index (χ0v) is 10.1. The summed E-state index contributed by atoms with van der Waals surface area (Å²) in [5.41, 5.74) is 4.18. The van der Waals surface area contributed by atoms with Gasteiger partial charge in [-0.25, -0.2) is 0 Å². The van der Waals surface area contributed by atoms with Gasteiger partial charge in [-0.15, -0.1) is 0 Å². The number of nitrogens with one attached hydrogen (secondary N) is 1. The van der Waals surface area contributed by atoms with Crippen molar-refractivity contribution < 1.29 is 0 Å². The van der Waals surface area contributed by atoms with Crippen LogP contribution in [-0.4, -0.2) is 9.78 Å². The molecule has 4 nitrogen and oxygen atoms in total. The molecule has 0 saturated heterocycles. The maximum atomic E-state index is 5.54. The van der Waals surface area contributed by atoms with E-state index in [-0.39, 0.29) is 6.04 Å². The van der Waals surface area contributed by atoms with Crippen molar-refractivity contribution in [1.82, 2.24) is 15.2 Å². The van der Waals surface area contributed by atoms with E-state index in [4.69, 9.17) is 5.84 Å². The standard InChI is InChI=1S/C11H22N4/c1-11(2,3)7-5-9(13-12)10-6-8-15(4)14-10/h6,8-9,13H,5,7,12H2,1-4H3. The van der Waals surface area contributed by atoms with Crippen LogP contribution < -0.4 is 11.3 Å². The molecule has 1 unspecified atom stereocenters. The highest BCUT2D eigenvalue weighted by molar-refractivity contribution is 5.04. The fourth-order valence-corrected chi connectivity index (χ4v) is 1.51. The van der Waals surface area contributed by atoms with Crippen molar-refractivity contribution in [2.75, 3.05) is 0 Å². The van der Waals surface area contributed by atoms with E-state index >= 15 is 0 Å². The second-order valence-electron chi connectivity index (χ2n) is 5.23. The number of rotatable bonds is 4. The van der Waals surface area contributed by atoms with Crippen molar-refractivity contribution in [1.29, 1.82) is 0 Å². The van der Waals surface area contributed by atoms with E-state index in [2.05, 4.69) is 31.3 Å². The fourth-order valence-electron chi connectivity index (χ4n) is 1.51. The molecule has 0 aliphatic rings. The Labute approximate surface area is 91.8 Å². The average Bonchev–Trinajstić information content (AvgIpc) is 2.51. The van der Waals surface area contributed by atoms with Crippen LogP contribution in [0.4, 0.5) is 0 Å². The number of aromatic nitrogens is 2. The van der Waals surface area contributed by atoms with E-state index in [1.165, 1.54) is 0 Å². The first kappa shape index (κ1) is 12.2. The van der Waals surface area contributed by atoms with Crippen LogP contribution in [0.15, 0.2) is 12.3 Å². The van der Waals surface area contributed by atoms with Crippen molar-refractivity contribution in [3.8, 4) is 0 Å². The smallest absolute Gasteiger partial charge is 0.0807 e. The molecule has 0 saturated carbocycles. The first-order valence-electron chi connectivity index (χ1n) is 5.38. The topological polar surface area (TPSA) is 55.9 Å². The van der Waals surface area contributed by atoms with Gasteiger partial charge in [-0.3, -0.25) is 16.0 Å². The lowest BCUT2D eigenvalue weighted by molar-refractivity contribution is 0.330. The molecule has 0 bridgehead atoms. The summed E-state index contributed by atoms with van der Waals surface area (Å²) in [6.07, 6.45) is 4.08. The lowest BCUT2D eigenvalue weighted by atomic mass is 9.88. The third-order valence-corrected chi connectivity index (χ3v) is 2.48. The van der Waals surface area contributed by atoms with E-state index < -0.39 is 0 Å². The average molecular weight is 210 g/mol. The summed E-state index contributed by atoms with van der Waals surface area (Å²) in [5.74, 6) is 5.54. The number of nitrogens with two attached hydrogens (primary N) is 1. The Kier molecular flexibility index (Phi) is 3.88. The van der Waals surface area contributed by atoms with Gasteiger partial charge in [0.1, 0.15) is 0 Å². The zero-order valence-electron chi connectivity index (χ0n) is 10.1. The van der Waals surface area contributed by atoms with Crippen LogP contribution in [0.2, 0.25) is 0 Å². The Balaban J connectivity index is 2.57. The number of nitrogens with zero attached hydrogens (tertiary/aromatic N) is 2. The molecule has 1 rings (SSSR count). The molecule has 0 spiro atoms. The summed E-state index contributed by atoms with van der Waals surface area (Å²) in [5, 5.41) is 4.36. The van der Waals surface area contributed by atoms with Crippen LogP contribution in [0.25, 0.3) is 0 Å². The molecule has 0 aliphatic carbocycles. The quantitative estimate of drug-likeness (QED) is 0.588. The van der Waals surface area contributed by atoms with Gasteiger partial charge >= 0.3 is 0 Å². The molecular formula is C11H22N4. The molecule has 1 aromatic rings. The molecule has 0 fully saturated rings. The predicted octanol–water partition coefficient (Wildman–Crippen LogP) is 1.75. The van der Waals surface area contributed by atoms with Gasteiger partial charge in [-0.2, -0.15) is 5.10 Å². The van der Waals surface area contributed by atoms with Crippen molar-refractivity contribution in [2.24, 2.45) is 18.3 Å². The molecule has 1 aromatic heterocycles. The SMILES string of the molecule is Cn1ccc(C(CCC(C)(C)C)NN)n1. The van der Waals surface area contributed by atoms with Crippen LogP contribution in [-0.2, 0) is 7.05 Å². The van der Waals surface area contributed by atoms with E-state index in [0.717, 1.165) is 18.5 Å². The summed E-state index contributed by atoms with van der Waals surface area (Å²) in [6.45, 7) is 6.71. The molecule has 15 heavy (non-hydrogen) atoms. The van der Waals surface area contributed by atoms with Crippen LogP contribution in [0.3, 0.4) is 0 Å². The molecule has 86 valence electrons. The Morgan fingerprint density at radius 1 is 1.53 bits per heavy atom. The molecule has 1 atom stereocenters. The third-order valence-electron chi connectivity index (χ3n) is 2.48. The van der Waals surface area contributed by atoms with Crippen LogP contribution >= 0.6 is 0 Å². The van der Waals surface area contributed by atoms with Gasteiger partial charge in [-0.1, -0.05) is 20.8 Å². The molecule has 0 radical (unpaired) electrons. The van der Waals surface area contributed by atoms with E-state index in [0.29, 0.717) is 5.41 Å². The van der Waals surface area contributed by atoms with Crippen LogP contribution in [0, 0.1) is 5.41 Å². The van der Waals surface area contributed by atoms with Gasteiger partial charge in [0.05, 0.1) is 11.7 Å². The Morgan fingerprint density at radius 3 is 2.60 bits per heavy atom. The van der Waals surface area contributed by atoms with Gasteiger partial charge in [0.2, 0.25) is 0 Å². The van der Waals surface area contributed by atoms with Gasteiger partial charge in [-0.05, 0) is 24.3 Å². The van der Waals surface area contributed by atoms with Gasteiger partial charge in [0.15, 0.2) is 0 Å². The minimum atomic E-state index is 0.158. The van der Waals surface area contributed by atoms with Gasteiger partial charge < -0.3 is 0 Å². The predicted molar refractivity (Wildman–Crippen MR) is 62.0 cm³/mol.